The molecule has 6 nitrogen and oxygen atoms in total. The molecular formula is C22H32BrN3O3. The van der Waals surface area contributed by atoms with E-state index in [1.54, 1.807) is 4.90 Å². The van der Waals surface area contributed by atoms with E-state index in [9.17, 15) is 9.90 Å². The standard InChI is InChI=1S/C22H32BrN3O3/c1-20(2,3)29-19(27)25-10-8-22(28,9-11-25)16-24-12-21(13-24)14-26(15-21)18-6-4-17(23)5-7-18/h4-7,28H,8-16H2,1-3H3. The number of anilines is 1. The Morgan fingerprint density at radius 2 is 1.69 bits per heavy atom. The number of carbonyl (C=O) groups excluding carboxylic acids is 1. The zero-order valence-electron chi connectivity index (χ0n) is 17.7. The Labute approximate surface area is 181 Å². The van der Waals surface area contributed by atoms with Crippen molar-refractivity contribution in [3.63, 3.8) is 0 Å². The summed E-state index contributed by atoms with van der Waals surface area (Å²) in [6.07, 6.45) is 0.951. The van der Waals surface area contributed by atoms with Crippen LogP contribution in [-0.2, 0) is 4.74 Å². The van der Waals surface area contributed by atoms with E-state index < -0.39 is 11.2 Å². The molecule has 1 aromatic rings. The molecule has 0 unspecified atom stereocenters. The summed E-state index contributed by atoms with van der Waals surface area (Å²) in [5, 5.41) is 11.0. The van der Waals surface area contributed by atoms with Gasteiger partial charge >= 0.3 is 6.09 Å². The Kier molecular flexibility index (Phi) is 5.37. The fourth-order valence-electron chi connectivity index (χ4n) is 4.82. The summed E-state index contributed by atoms with van der Waals surface area (Å²) in [5.74, 6) is 0. The van der Waals surface area contributed by atoms with E-state index in [1.807, 2.05) is 20.8 Å². The highest BCUT2D eigenvalue weighted by Gasteiger charge is 2.53. The first-order valence-corrected chi connectivity index (χ1v) is 11.3. The van der Waals surface area contributed by atoms with Gasteiger partial charge in [-0.25, -0.2) is 4.79 Å². The van der Waals surface area contributed by atoms with Crippen molar-refractivity contribution in [3.05, 3.63) is 28.7 Å². The molecule has 0 saturated carbocycles. The molecule has 0 bridgehead atoms. The average molecular weight is 466 g/mol. The van der Waals surface area contributed by atoms with Gasteiger partial charge in [-0.3, -0.25) is 4.90 Å². The van der Waals surface area contributed by atoms with Crippen molar-refractivity contribution in [3.8, 4) is 0 Å². The van der Waals surface area contributed by atoms with Gasteiger partial charge in [0.25, 0.3) is 0 Å². The third kappa shape index (κ3) is 4.72. The number of β-amino-alcohol motifs (C(OH)–C–C–N with tert-alkyl or cyclic N) is 1. The third-order valence-electron chi connectivity index (χ3n) is 6.23. The molecule has 3 heterocycles. The highest BCUT2D eigenvalue weighted by atomic mass is 79.9. The molecule has 4 rings (SSSR count). The lowest BCUT2D eigenvalue weighted by atomic mass is 9.71. The second-order valence-electron chi connectivity index (χ2n) is 10.2. The van der Waals surface area contributed by atoms with E-state index in [0.29, 0.717) is 37.9 Å². The Morgan fingerprint density at radius 3 is 2.24 bits per heavy atom. The number of amides is 1. The summed E-state index contributed by atoms with van der Waals surface area (Å²) in [5.41, 5.74) is 0.491. The normalized spacial score (nSPS) is 23.5. The lowest BCUT2D eigenvalue weighted by Gasteiger charge is -2.62. The number of hydrogen-bond donors (Lipinski definition) is 1. The highest BCUT2D eigenvalue weighted by molar-refractivity contribution is 9.10. The number of hydrogen-bond acceptors (Lipinski definition) is 5. The summed E-state index contributed by atoms with van der Waals surface area (Å²) < 4.78 is 6.56. The first-order valence-electron chi connectivity index (χ1n) is 10.5. The molecule has 3 aliphatic heterocycles. The first kappa shape index (κ1) is 20.9. The number of aliphatic hydroxyl groups is 1. The quantitative estimate of drug-likeness (QED) is 0.741. The van der Waals surface area contributed by atoms with Crippen LogP contribution >= 0.6 is 15.9 Å². The Hall–Kier alpha value is -1.31. The van der Waals surface area contributed by atoms with Crippen molar-refractivity contribution in [2.45, 2.75) is 44.8 Å². The lowest BCUT2D eigenvalue weighted by Crippen LogP contribution is -2.73. The van der Waals surface area contributed by atoms with Gasteiger partial charge in [-0.1, -0.05) is 15.9 Å². The van der Waals surface area contributed by atoms with Gasteiger partial charge in [-0.05, 0) is 57.9 Å². The number of carbonyl (C=O) groups is 1. The van der Waals surface area contributed by atoms with Gasteiger partial charge in [0.1, 0.15) is 5.60 Å². The minimum atomic E-state index is -0.699. The van der Waals surface area contributed by atoms with Crippen LogP contribution in [0.2, 0.25) is 0 Å². The van der Waals surface area contributed by atoms with E-state index in [-0.39, 0.29) is 6.09 Å². The number of benzene rings is 1. The molecule has 0 radical (unpaired) electrons. The van der Waals surface area contributed by atoms with E-state index in [2.05, 4.69) is 50.0 Å². The summed E-state index contributed by atoms with van der Waals surface area (Å²) in [6.45, 7) is 11.7. The molecule has 1 amide bonds. The van der Waals surface area contributed by atoms with Gasteiger partial charge in [-0.15, -0.1) is 0 Å². The predicted molar refractivity (Wildman–Crippen MR) is 117 cm³/mol. The molecule has 3 saturated heterocycles. The van der Waals surface area contributed by atoms with Gasteiger partial charge in [0.2, 0.25) is 0 Å². The molecule has 0 aliphatic carbocycles. The van der Waals surface area contributed by atoms with Crippen LogP contribution in [0.4, 0.5) is 10.5 Å². The van der Waals surface area contributed by atoms with Crippen molar-refractivity contribution >= 4 is 27.7 Å². The Balaban J connectivity index is 1.20. The van der Waals surface area contributed by atoms with Gasteiger partial charge < -0.3 is 19.6 Å². The zero-order valence-corrected chi connectivity index (χ0v) is 19.2. The SMILES string of the molecule is CC(C)(C)OC(=O)N1CCC(O)(CN2CC3(C2)CN(c2ccc(Br)cc2)C3)CC1. The van der Waals surface area contributed by atoms with Gasteiger partial charge in [-0.2, -0.15) is 0 Å². The maximum absolute atomic E-state index is 12.2. The van der Waals surface area contributed by atoms with Crippen molar-refractivity contribution in [2.75, 3.05) is 50.7 Å². The second kappa shape index (κ2) is 7.43. The third-order valence-corrected chi connectivity index (χ3v) is 6.75. The van der Waals surface area contributed by atoms with Crippen LogP contribution in [-0.4, -0.2) is 78.0 Å². The number of piperidine rings is 1. The molecular weight excluding hydrogens is 434 g/mol. The van der Waals surface area contributed by atoms with Crippen LogP contribution < -0.4 is 4.90 Å². The van der Waals surface area contributed by atoms with Crippen molar-refractivity contribution in [2.24, 2.45) is 5.41 Å². The Bertz CT molecular complexity index is 740. The fourth-order valence-corrected chi connectivity index (χ4v) is 5.08. The Morgan fingerprint density at radius 1 is 1.10 bits per heavy atom. The molecule has 0 aromatic heterocycles. The number of halogens is 1. The van der Waals surface area contributed by atoms with Crippen molar-refractivity contribution in [1.82, 2.24) is 9.80 Å². The highest BCUT2D eigenvalue weighted by Crippen LogP contribution is 2.43. The molecule has 1 aromatic carbocycles. The van der Waals surface area contributed by atoms with E-state index in [1.165, 1.54) is 5.69 Å². The maximum Gasteiger partial charge on any atom is 0.410 e. The summed E-state index contributed by atoms with van der Waals surface area (Å²) in [7, 11) is 0. The molecule has 1 N–H and O–H groups in total. The van der Waals surface area contributed by atoms with E-state index in [0.717, 1.165) is 30.7 Å². The van der Waals surface area contributed by atoms with E-state index >= 15 is 0 Å². The van der Waals surface area contributed by atoms with Crippen LogP contribution in [0.5, 0.6) is 0 Å². The van der Waals surface area contributed by atoms with Crippen LogP contribution in [0, 0.1) is 5.41 Å². The number of ether oxygens (including phenoxy) is 1. The minimum Gasteiger partial charge on any atom is -0.444 e. The van der Waals surface area contributed by atoms with Crippen LogP contribution in [0.15, 0.2) is 28.7 Å². The van der Waals surface area contributed by atoms with Gasteiger partial charge in [0.15, 0.2) is 0 Å². The molecule has 1 spiro atoms. The van der Waals surface area contributed by atoms with Crippen LogP contribution in [0.3, 0.4) is 0 Å². The topological polar surface area (TPSA) is 56.2 Å². The maximum atomic E-state index is 12.2. The monoisotopic (exact) mass is 465 g/mol. The van der Waals surface area contributed by atoms with Gasteiger partial charge in [0.05, 0.1) is 5.60 Å². The zero-order chi connectivity index (χ0) is 20.9. The molecule has 29 heavy (non-hydrogen) atoms. The predicted octanol–water partition coefficient (Wildman–Crippen LogP) is 3.33. The van der Waals surface area contributed by atoms with E-state index in [4.69, 9.17) is 4.74 Å². The second-order valence-corrected chi connectivity index (χ2v) is 11.1. The molecule has 3 aliphatic rings. The largest absolute Gasteiger partial charge is 0.444 e. The van der Waals surface area contributed by atoms with Crippen molar-refractivity contribution in [1.29, 1.82) is 0 Å². The van der Waals surface area contributed by atoms with Crippen molar-refractivity contribution < 1.29 is 14.6 Å². The molecule has 3 fully saturated rings. The van der Waals surface area contributed by atoms with Gasteiger partial charge in [0, 0.05) is 61.4 Å². The fraction of sp³-hybridized carbons (Fsp3) is 0.682. The minimum absolute atomic E-state index is 0.273. The summed E-state index contributed by atoms with van der Waals surface area (Å²) in [6, 6.07) is 8.50. The number of likely N-dealkylation sites (tertiary alicyclic amines) is 2. The smallest absolute Gasteiger partial charge is 0.410 e. The number of rotatable bonds is 3. The molecule has 0 atom stereocenters. The summed E-state index contributed by atoms with van der Waals surface area (Å²) in [4.78, 5) is 18.7. The van der Waals surface area contributed by atoms with Crippen LogP contribution in [0.25, 0.3) is 0 Å². The van der Waals surface area contributed by atoms with Crippen LogP contribution in [0.1, 0.15) is 33.6 Å². The molecule has 7 heteroatoms. The molecule has 160 valence electrons. The summed E-state index contributed by atoms with van der Waals surface area (Å²) >= 11 is 3.49. The lowest BCUT2D eigenvalue weighted by molar-refractivity contribution is -0.0982. The first-order chi connectivity index (χ1) is 13.5. The number of nitrogens with zero attached hydrogens (tertiary/aromatic N) is 3. The average Bonchev–Trinajstić information content (AvgIpc) is 2.56.